The summed E-state index contributed by atoms with van der Waals surface area (Å²) in [6, 6.07) is 2.52. The van der Waals surface area contributed by atoms with Crippen LogP contribution in [-0.2, 0) is 0 Å². The number of hydrogen-bond donors (Lipinski definition) is 0. The van der Waals surface area contributed by atoms with Crippen LogP contribution in [0.2, 0.25) is 5.28 Å². The van der Waals surface area contributed by atoms with Gasteiger partial charge < -0.3 is 4.74 Å². The summed E-state index contributed by atoms with van der Waals surface area (Å²) in [5.74, 6) is -2.88. The van der Waals surface area contributed by atoms with Gasteiger partial charge in [0, 0.05) is 12.1 Å². The molecule has 0 atom stereocenters. The van der Waals surface area contributed by atoms with E-state index in [1.807, 2.05) is 0 Å². The molecule has 0 aliphatic heterocycles. The van der Waals surface area contributed by atoms with Crippen LogP contribution in [0.3, 0.4) is 0 Å². The number of rotatable bonds is 3. The van der Waals surface area contributed by atoms with Gasteiger partial charge in [0.05, 0.1) is 11.1 Å². The Balaban J connectivity index is 2.45. The van der Waals surface area contributed by atoms with E-state index in [2.05, 4.69) is 9.97 Å². The Labute approximate surface area is 109 Å². The van der Waals surface area contributed by atoms with Crippen LogP contribution in [-0.4, -0.2) is 14.9 Å². The highest BCUT2D eigenvalue weighted by Gasteiger charge is 2.19. The molecule has 0 saturated carbocycles. The molecule has 2 rings (SSSR count). The quantitative estimate of drug-likeness (QED) is 0.492. The monoisotopic (exact) mass is 287 g/mol. The minimum absolute atomic E-state index is 0.310. The average Bonchev–Trinajstić information content (AvgIpc) is 2.33. The fourth-order valence-corrected chi connectivity index (χ4v) is 1.35. The maximum atomic E-state index is 13.3. The second kappa shape index (κ2) is 5.11. The lowest BCUT2D eigenvalue weighted by Crippen LogP contribution is -1.98. The molecule has 9 heteroatoms. The summed E-state index contributed by atoms with van der Waals surface area (Å²) in [5, 5.41) is 10.4. The van der Waals surface area contributed by atoms with Gasteiger partial charge in [-0.15, -0.1) is 0 Å². The number of nitro benzene ring substituents is 1. The summed E-state index contributed by atoms with van der Waals surface area (Å²) in [6.07, 6.45) is 0.732. The number of nitrogens with zero attached hydrogens (tertiary/aromatic N) is 3. The lowest BCUT2D eigenvalue weighted by molar-refractivity contribution is -0.385. The van der Waals surface area contributed by atoms with E-state index in [1.54, 1.807) is 0 Å². The Morgan fingerprint density at radius 1 is 1.37 bits per heavy atom. The molecule has 2 aromatic rings. The van der Waals surface area contributed by atoms with Gasteiger partial charge >= 0.3 is 5.69 Å². The van der Waals surface area contributed by atoms with E-state index in [0.717, 1.165) is 24.4 Å². The molecule has 0 fully saturated rings. The van der Waals surface area contributed by atoms with Crippen molar-refractivity contribution in [2.24, 2.45) is 0 Å². The van der Waals surface area contributed by atoms with Gasteiger partial charge in [-0.3, -0.25) is 10.1 Å². The number of aromatic nitrogens is 2. The zero-order chi connectivity index (χ0) is 14.0. The molecule has 1 aromatic carbocycles. The molecule has 0 aliphatic rings. The van der Waals surface area contributed by atoms with Crippen molar-refractivity contribution in [3.8, 4) is 11.6 Å². The van der Waals surface area contributed by atoms with Gasteiger partial charge in [0.2, 0.25) is 16.9 Å². The molecule has 0 spiro atoms. The Bertz CT molecular complexity index is 654. The van der Waals surface area contributed by atoms with Crippen LogP contribution >= 0.6 is 11.6 Å². The molecule has 0 amide bonds. The van der Waals surface area contributed by atoms with Crippen LogP contribution in [0.4, 0.5) is 14.5 Å². The van der Waals surface area contributed by atoms with Gasteiger partial charge in [-0.1, -0.05) is 0 Å². The van der Waals surface area contributed by atoms with E-state index < -0.39 is 33.9 Å². The fraction of sp³-hybridized carbons (Fsp3) is 0. The molecule has 1 heterocycles. The van der Waals surface area contributed by atoms with E-state index in [-0.39, 0.29) is 5.28 Å². The second-order valence-corrected chi connectivity index (χ2v) is 3.60. The first-order chi connectivity index (χ1) is 8.97. The number of ether oxygens (including phenoxy) is 1. The molecule has 0 bridgehead atoms. The highest BCUT2D eigenvalue weighted by Crippen LogP contribution is 2.32. The van der Waals surface area contributed by atoms with Crippen molar-refractivity contribution in [3.63, 3.8) is 0 Å². The van der Waals surface area contributed by atoms with E-state index in [1.165, 1.54) is 0 Å². The predicted octanol–water partition coefficient (Wildman–Crippen LogP) is 3.11. The Morgan fingerprint density at radius 2 is 2.11 bits per heavy atom. The van der Waals surface area contributed by atoms with Crippen LogP contribution in [0, 0.1) is 21.7 Å². The number of hydrogen-bond acceptors (Lipinski definition) is 5. The summed E-state index contributed by atoms with van der Waals surface area (Å²) in [6.45, 7) is 0. The van der Waals surface area contributed by atoms with Gasteiger partial charge in [0.25, 0.3) is 5.88 Å². The first-order valence-electron chi connectivity index (χ1n) is 4.77. The molecule has 98 valence electrons. The maximum absolute atomic E-state index is 13.3. The minimum Gasteiger partial charge on any atom is -0.429 e. The number of nitro groups is 1. The van der Waals surface area contributed by atoms with Crippen LogP contribution in [0.5, 0.6) is 11.6 Å². The maximum Gasteiger partial charge on any atom is 0.311 e. The third-order valence-electron chi connectivity index (χ3n) is 2.01. The minimum atomic E-state index is -0.983. The molecule has 6 nitrogen and oxygen atoms in total. The van der Waals surface area contributed by atoms with Crippen LogP contribution in [0.1, 0.15) is 0 Å². The van der Waals surface area contributed by atoms with Gasteiger partial charge in [-0.25, -0.2) is 9.37 Å². The molecule has 1 aromatic heterocycles. The zero-order valence-corrected chi connectivity index (χ0v) is 9.77. The molecular formula is C10H4ClF2N3O3. The second-order valence-electron chi connectivity index (χ2n) is 3.26. The topological polar surface area (TPSA) is 78.2 Å². The first-order valence-corrected chi connectivity index (χ1v) is 5.15. The van der Waals surface area contributed by atoms with Crippen molar-refractivity contribution < 1.29 is 18.4 Å². The van der Waals surface area contributed by atoms with E-state index in [0.29, 0.717) is 0 Å². The molecule has 0 radical (unpaired) electrons. The average molecular weight is 288 g/mol. The Hall–Kier alpha value is -2.35. The predicted molar refractivity (Wildman–Crippen MR) is 60.1 cm³/mol. The van der Waals surface area contributed by atoms with E-state index in [4.69, 9.17) is 16.3 Å². The van der Waals surface area contributed by atoms with Crippen LogP contribution in [0.25, 0.3) is 0 Å². The molecule has 0 saturated heterocycles. The first kappa shape index (κ1) is 13.1. The molecule has 19 heavy (non-hydrogen) atoms. The molecular weight excluding hydrogens is 284 g/mol. The van der Waals surface area contributed by atoms with Crippen molar-refractivity contribution in [2.45, 2.75) is 0 Å². The normalized spacial score (nSPS) is 10.3. The van der Waals surface area contributed by atoms with Crippen molar-refractivity contribution in [1.82, 2.24) is 9.97 Å². The summed E-state index contributed by atoms with van der Waals surface area (Å²) >= 11 is 5.44. The van der Waals surface area contributed by atoms with Crippen molar-refractivity contribution in [3.05, 3.63) is 51.4 Å². The largest absolute Gasteiger partial charge is 0.429 e. The zero-order valence-electron chi connectivity index (χ0n) is 9.01. The van der Waals surface area contributed by atoms with Crippen molar-refractivity contribution >= 4 is 17.3 Å². The summed E-state index contributed by atoms with van der Waals surface area (Å²) in [5.41, 5.74) is -0.532. The summed E-state index contributed by atoms with van der Waals surface area (Å²) in [4.78, 5) is 16.7. The highest BCUT2D eigenvalue weighted by atomic mass is 35.5. The van der Waals surface area contributed by atoms with E-state index in [9.17, 15) is 18.9 Å². The van der Waals surface area contributed by atoms with Crippen LogP contribution < -0.4 is 4.74 Å². The van der Waals surface area contributed by atoms with Gasteiger partial charge in [-0.05, 0) is 17.7 Å². The highest BCUT2D eigenvalue weighted by molar-refractivity contribution is 6.28. The number of halogens is 3. The number of benzene rings is 1. The summed E-state index contributed by atoms with van der Waals surface area (Å²) in [7, 11) is 0. The molecule has 0 unspecified atom stereocenters. The van der Waals surface area contributed by atoms with Crippen LogP contribution in [0.15, 0.2) is 24.4 Å². The molecule has 0 aliphatic carbocycles. The van der Waals surface area contributed by atoms with Gasteiger partial charge in [0.1, 0.15) is 5.82 Å². The third-order valence-corrected chi connectivity index (χ3v) is 2.19. The lowest BCUT2D eigenvalue weighted by Gasteiger charge is -2.06. The third kappa shape index (κ3) is 2.91. The van der Waals surface area contributed by atoms with E-state index >= 15 is 0 Å². The van der Waals surface area contributed by atoms with Crippen molar-refractivity contribution in [1.29, 1.82) is 0 Å². The SMILES string of the molecule is O=[N+]([O-])c1ccc(F)cc1Oc1nc(Cl)ncc1F. The smallest absolute Gasteiger partial charge is 0.311 e. The lowest BCUT2D eigenvalue weighted by atomic mass is 10.3. The van der Waals surface area contributed by atoms with Gasteiger partial charge in [0.15, 0.2) is 0 Å². The van der Waals surface area contributed by atoms with Crippen molar-refractivity contribution in [2.75, 3.05) is 0 Å². The standard InChI is InChI=1S/C10H4ClF2N3O3/c11-10-14-4-6(13)9(15-10)19-8-3-5(12)1-2-7(8)16(17)18/h1-4H. The Morgan fingerprint density at radius 3 is 2.79 bits per heavy atom. The summed E-state index contributed by atoms with van der Waals surface area (Å²) < 4.78 is 31.2. The van der Waals surface area contributed by atoms with Gasteiger partial charge in [-0.2, -0.15) is 9.37 Å². The Kier molecular flexibility index (Phi) is 3.52. The fourth-order valence-electron chi connectivity index (χ4n) is 1.23. The molecule has 0 N–H and O–H groups in total.